The Balaban J connectivity index is 2.21. The van der Waals surface area contributed by atoms with Crippen molar-refractivity contribution in [1.82, 2.24) is 4.90 Å². The average molecular weight is 269 g/mol. The third-order valence-corrected chi connectivity index (χ3v) is 3.97. The molecule has 110 valence electrons. The molecule has 1 amide bonds. The van der Waals surface area contributed by atoms with E-state index in [1.54, 1.807) is 4.90 Å². The number of ether oxygens (including phenoxy) is 1. The van der Waals surface area contributed by atoms with E-state index in [1.165, 1.54) is 45.6 Å². The molecule has 0 unspecified atom stereocenters. The van der Waals surface area contributed by atoms with Crippen LogP contribution in [0.4, 0.5) is 0 Å². The van der Waals surface area contributed by atoms with E-state index in [9.17, 15) is 9.59 Å². The molecule has 0 radical (unpaired) electrons. The van der Waals surface area contributed by atoms with Crippen molar-refractivity contribution >= 4 is 11.9 Å². The van der Waals surface area contributed by atoms with Gasteiger partial charge in [-0.05, 0) is 25.2 Å². The summed E-state index contributed by atoms with van der Waals surface area (Å²) in [6, 6.07) is 0. The Morgan fingerprint density at radius 1 is 1.16 bits per heavy atom. The maximum atomic E-state index is 12.1. The Hall–Kier alpha value is -1.06. The highest BCUT2D eigenvalue weighted by Gasteiger charge is 2.18. The first kappa shape index (κ1) is 16.0. The Morgan fingerprint density at radius 3 is 2.37 bits per heavy atom. The third-order valence-electron chi connectivity index (χ3n) is 3.97. The first-order valence-electron chi connectivity index (χ1n) is 7.44. The normalized spacial score (nSPS) is 16.7. The topological polar surface area (TPSA) is 46.6 Å². The number of carbonyl (C=O) groups is 2. The van der Waals surface area contributed by atoms with Gasteiger partial charge in [0.1, 0.15) is 0 Å². The number of esters is 1. The minimum atomic E-state index is -0.204. The fourth-order valence-corrected chi connectivity index (χ4v) is 2.66. The zero-order valence-corrected chi connectivity index (χ0v) is 12.3. The van der Waals surface area contributed by atoms with Gasteiger partial charge < -0.3 is 9.64 Å². The quantitative estimate of drug-likeness (QED) is 0.550. The number of nitrogens with zero attached hydrogens (tertiary/aromatic N) is 1. The van der Waals surface area contributed by atoms with Crippen molar-refractivity contribution in [2.24, 2.45) is 5.92 Å². The predicted molar refractivity (Wildman–Crippen MR) is 74.7 cm³/mol. The lowest BCUT2D eigenvalue weighted by atomic mass is 9.96. The van der Waals surface area contributed by atoms with Gasteiger partial charge in [0.05, 0.1) is 7.11 Å². The number of methoxy groups -OCH3 is 1. The molecule has 0 heterocycles. The summed E-state index contributed by atoms with van der Waals surface area (Å²) in [5, 5.41) is 0. The van der Waals surface area contributed by atoms with Gasteiger partial charge in [0.25, 0.3) is 0 Å². The summed E-state index contributed by atoms with van der Waals surface area (Å²) in [7, 11) is 3.22. The monoisotopic (exact) mass is 269 g/mol. The molecule has 1 saturated carbocycles. The molecule has 0 spiro atoms. The maximum absolute atomic E-state index is 12.1. The molecule has 0 bridgehead atoms. The second kappa shape index (κ2) is 8.94. The van der Waals surface area contributed by atoms with Gasteiger partial charge in [0, 0.05) is 26.4 Å². The Labute approximate surface area is 116 Å². The standard InChI is InChI=1S/C15H27NO3/c1-16(11-7-10-15(18)19-2)14(17)12-13-8-5-3-4-6-9-13/h13H,3-12H2,1-2H3. The van der Waals surface area contributed by atoms with Crippen LogP contribution in [0, 0.1) is 5.92 Å². The molecule has 0 atom stereocenters. The largest absolute Gasteiger partial charge is 0.469 e. The van der Waals surface area contributed by atoms with Gasteiger partial charge in [-0.2, -0.15) is 0 Å². The highest BCUT2D eigenvalue weighted by Crippen LogP contribution is 2.25. The summed E-state index contributed by atoms with van der Waals surface area (Å²) in [4.78, 5) is 24.8. The fraction of sp³-hybridized carbons (Fsp3) is 0.867. The molecule has 1 rings (SSSR count). The van der Waals surface area contributed by atoms with Gasteiger partial charge in [-0.15, -0.1) is 0 Å². The average Bonchev–Trinajstić information content (AvgIpc) is 2.66. The number of hydrogen-bond donors (Lipinski definition) is 0. The molecule has 1 aliphatic rings. The van der Waals surface area contributed by atoms with Crippen LogP contribution in [0.3, 0.4) is 0 Å². The number of carbonyl (C=O) groups excluding carboxylic acids is 2. The van der Waals surface area contributed by atoms with E-state index in [-0.39, 0.29) is 11.9 Å². The molecule has 0 saturated heterocycles. The highest BCUT2D eigenvalue weighted by molar-refractivity contribution is 5.76. The molecule has 0 N–H and O–H groups in total. The molecular weight excluding hydrogens is 242 g/mol. The summed E-state index contributed by atoms with van der Waals surface area (Å²) in [5.74, 6) is 0.583. The minimum absolute atomic E-state index is 0.204. The van der Waals surface area contributed by atoms with Crippen LogP contribution in [0.25, 0.3) is 0 Å². The van der Waals surface area contributed by atoms with Crippen molar-refractivity contribution in [3.05, 3.63) is 0 Å². The Kier molecular flexibility index (Phi) is 7.53. The molecule has 0 aromatic heterocycles. The summed E-state index contributed by atoms with van der Waals surface area (Å²) in [6.45, 7) is 0.640. The number of rotatable bonds is 6. The van der Waals surface area contributed by atoms with Gasteiger partial charge in [0.2, 0.25) is 5.91 Å². The summed E-state index contributed by atoms with van der Waals surface area (Å²) in [5.41, 5.74) is 0. The van der Waals surface area contributed by atoms with E-state index >= 15 is 0 Å². The van der Waals surface area contributed by atoms with Crippen LogP contribution in [0.1, 0.15) is 57.8 Å². The second-order valence-electron chi connectivity index (χ2n) is 5.56. The zero-order valence-electron chi connectivity index (χ0n) is 12.3. The lowest BCUT2D eigenvalue weighted by molar-refractivity contribution is -0.141. The molecule has 1 fully saturated rings. The smallest absolute Gasteiger partial charge is 0.305 e. The van der Waals surface area contributed by atoms with Crippen molar-refractivity contribution in [1.29, 1.82) is 0 Å². The first-order valence-corrected chi connectivity index (χ1v) is 7.44. The van der Waals surface area contributed by atoms with Crippen molar-refractivity contribution in [3.63, 3.8) is 0 Å². The van der Waals surface area contributed by atoms with Crippen LogP contribution < -0.4 is 0 Å². The van der Waals surface area contributed by atoms with Crippen LogP contribution >= 0.6 is 0 Å². The van der Waals surface area contributed by atoms with Gasteiger partial charge in [-0.3, -0.25) is 9.59 Å². The van der Waals surface area contributed by atoms with Crippen molar-refractivity contribution < 1.29 is 14.3 Å². The van der Waals surface area contributed by atoms with E-state index < -0.39 is 0 Å². The third kappa shape index (κ3) is 6.60. The molecule has 4 heteroatoms. The molecule has 0 aromatic rings. The van der Waals surface area contributed by atoms with Gasteiger partial charge in [-0.25, -0.2) is 0 Å². The Bertz CT molecular complexity index is 283. The lowest BCUT2D eigenvalue weighted by Crippen LogP contribution is -2.29. The second-order valence-corrected chi connectivity index (χ2v) is 5.56. The van der Waals surface area contributed by atoms with Crippen LogP contribution in [0.5, 0.6) is 0 Å². The lowest BCUT2D eigenvalue weighted by Gasteiger charge is -2.20. The summed E-state index contributed by atoms with van der Waals surface area (Å²) < 4.78 is 4.59. The zero-order chi connectivity index (χ0) is 14.1. The summed E-state index contributed by atoms with van der Waals surface area (Å²) in [6.07, 6.45) is 9.31. The molecular formula is C15H27NO3. The molecule has 1 aliphatic carbocycles. The van der Waals surface area contributed by atoms with E-state index in [1.807, 2.05) is 7.05 Å². The van der Waals surface area contributed by atoms with E-state index in [0.717, 1.165) is 0 Å². The van der Waals surface area contributed by atoms with Gasteiger partial charge in [-0.1, -0.05) is 25.7 Å². The van der Waals surface area contributed by atoms with E-state index in [4.69, 9.17) is 0 Å². The first-order chi connectivity index (χ1) is 9.13. The van der Waals surface area contributed by atoms with Crippen LogP contribution in [-0.2, 0) is 14.3 Å². The van der Waals surface area contributed by atoms with E-state index in [0.29, 0.717) is 31.7 Å². The van der Waals surface area contributed by atoms with E-state index in [2.05, 4.69) is 4.74 Å². The highest BCUT2D eigenvalue weighted by atomic mass is 16.5. The van der Waals surface area contributed by atoms with Crippen LogP contribution in [-0.4, -0.2) is 37.5 Å². The number of hydrogen-bond acceptors (Lipinski definition) is 3. The van der Waals surface area contributed by atoms with Crippen LogP contribution in [0.2, 0.25) is 0 Å². The minimum Gasteiger partial charge on any atom is -0.469 e. The molecule has 4 nitrogen and oxygen atoms in total. The fourth-order valence-electron chi connectivity index (χ4n) is 2.66. The molecule has 0 aliphatic heterocycles. The molecule has 19 heavy (non-hydrogen) atoms. The van der Waals surface area contributed by atoms with Crippen molar-refractivity contribution in [2.45, 2.75) is 57.8 Å². The van der Waals surface area contributed by atoms with Crippen LogP contribution in [0.15, 0.2) is 0 Å². The number of amides is 1. The van der Waals surface area contributed by atoms with Gasteiger partial charge in [0.15, 0.2) is 0 Å². The maximum Gasteiger partial charge on any atom is 0.305 e. The SMILES string of the molecule is COC(=O)CCCN(C)C(=O)CC1CCCCCC1. The predicted octanol–water partition coefficient (Wildman–Crippen LogP) is 2.76. The molecule has 0 aromatic carbocycles. The Morgan fingerprint density at radius 2 is 1.79 bits per heavy atom. The van der Waals surface area contributed by atoms with Gasteiger partial charge >= 0.3 is 5.97 Å². The summed E-state index contributed by atoms with van der Waals surface area (Å²) >= 11 is 0. The van der Waals surface area contributed by atoms with Crippen molar-refractivity contribution in [3.8, 4) is 0 Å². The van der Waals surface area contributed by atoms with Crippen molar-refractivity contribution in [2.75, 3.05) is 20.7 Å².